The van der Waals surface area contributed by atoms with Gasteiger partial charge in [0, 0.05) is 31.6 Å². The van der Waals surface area contributed by atoms with Gasteiger partial charge in [-0.2, -0.15) is 0 Å². The Morgan fingerprint density at radius 3 is 2.50 bits per heavy atom. The summed E-state index contributed by atoms with van der Waals surface area (Å²) >= 11 is 0. The van der Waals surface area contributed by atoms with Crippen molar-refractivity contribution in [3.8, 4) is 0 Å². The zero-order valence-corrected chi connectivity index (χ0v) is 10.9. The summed E-state index contributed by atoms with van der Waals surface area (Å²) in [6.45, 7) is 3.74. The van der Waals surface area contributed by atoms with Gasteiger partial charge >= 0.3 is 6.09 Å². The fourth-order valence-corrected chi connectivity index (χ4v) is 1.41. The molecular weight excluding hydrogens is 232 g/mol. The normalized spacial score (nSPS) is 9.89. The predicted octanol–water partition coefficient (Wildman–Crippen LogP) is 2.70. The standard InChI is InChI=1S/C13H20N2O3/c1-3-18-13(16)15-12-7-5-11(6-8-12)14-9-4-10-17-2/h5-8,14H,3-4,9-10H2,1-2H3,(H,15,16). The first-order valence-electron chi connectivity index (χ1n) is 6.03. The van der Waals surface area contributed by atoms with Crippen LogP contribution in [0, 0.1) is 0 Å². The molecular formula is C13H20N2O3. The van der Waals surface area contributed by atoms with Gasteiger partial charge in [-0.3, -0.25) is 5.32 Å². The summed E-state index contributed by atoms with van der Waals surface area (Å²) in [5.74, 6) is 0. The van der Waals surface area contributed by atoms with Gasteiger partial charge in [-0.05, 0) is 37.6 Å². The second-order valence-corrected chi connectivity index (χ2v) is 3.70. The lowest BCUT2D eigenvalue weighted by Gasteiger charge is -2.08. The van der Waals surface area contributed by atoms with Crippen molar-refractivity contribution >= 4 is 17.5 Å². The lowest BCUT2D eigenvalue weighted by atomic mass is 10.2. The van der Waals surface area contributed by atoms with Crippen LogP contribution in [0.1, 0.15) is 13.3 Å². The van der Waals surface area contributed by atoms with Crippen LogP contribution in [0.2, 0.25) is 0 Å². The van der Waals surface area contributed by atoms with Gasteiger partial charge in [-0.15, -0.1) is 0 Å². The number of anilines is 2. The third-order valence-corrected chi connectivity index (χ3v) is 2.26. The first-order chi connectivity index (χ1) is 8.76. The van der Waals surface area contributed by atoms with Gasteiger partial charge in [0.15, 0.2) is 0 Å². The van der Waals surface area contributed by atoms with Crippen LogP contribution in [0.4, 0.5) is 16.2 Å². The number of methoxy groups -OCH3 is 1. The van der Waals surface area contributed by atoms with Crippen LogP contribution < -0.4 is 10.6 Å². The molecule has 0 aromatic heterocycles. The summed E-state index contributed by atoms with van der Waals surface area (Å²) in [4.78, 5) is 11.2. The molecule has 0 aliphatic rings. The monoisotopic (exact) mass is 252 g/mol. The highest BCUT2D eigenvalue weighted by Crippen LogP contribution is 2.13. The van der Waals surface area contributed by atoms with Crippen molar-refractivity contribution in [3.63, 3.8) is 0 Å². The molecule has 1 rings (SSSR count). The highest BCUT2D eigenvalue weighted by Gasteiger charge is 2.01. The maximum atomic E-state index is 11.2. The summed E-state index contributed by atoms with van der Waals surface area (Å²) in [7, 11) is 1.69. The van der Waals surface area contributed by atoms with E-state index in [0.29, 0.717) is 6.61 Å². The van der Waals surface area contributed by atoms with Crippen LogP contribution in [0.25, 0.3) is 0 Å². The topological polar surface area (TPSA) is 59.6 Å². The van der Waals surface area contributed by atoms with Gasteiger partial charge in [0.25, 0.3) is 0 Å². The second kappa shape index (κ2) is 8.36. The molecule has 5 nitrogen and oxygen atoms in total. The molecule has 0 bridgehead atoms. The van der Waals surface area contributed by atoms with Crippen molar-refractivity contribution in [2.24, 2.45) is 0 Å². The van der Waals surface area contributed by atoms with E-state index in [1.54, 1.807) is 14.0 Å². The van der Waals surface area contributed by atoms with Crippen molar-refractivity contribution in [1.29, 1.82) is 0 Å². The van der Waals surface area contributed by atoms with Gasteiger partial charge in [-0.25, -0.2) is 4.79 Å². The molecule has 1 aromatic rings. The Labute approximate surface area is 107 Å². The summed E-state index contributed by atoms with van der Waals surface area (Å²) in [6, 6.07) is 7.48. The van der Waals surface area contributed by atoms with E-state index in [4.69, 9.17) is 9.47 Å². The first kappa shape index (κ1) is 14.3. The van der Waals surface area contributed by atoms with Crippen molar-refractivity contribution in [3.05, 3.63) is 24.3 Å². The maximum Gasteiger partial charge on any atom is 0.411 e. The second-order valence-electron chi connectivity index (χ2n) is 3.70. The van der Waals surface area contributed by atoms with Gasteiger partial charge in [0.05, 0.1) is 6.61 Å². The lowest BCUT2D eigenvalue weighted by Crippen LogP contribution is -2.13. The quantitative estimate of drug-likeness (QED) is 0.732. The molecule has 2 N–H and O–H groups in total. The van der Waals surface area contributed by atoms with E-state index in [0.717, 1.165) is 30.9 Å². The largest absolute Gasteiger partial charge is 0.450 e. The summed E-state index contributed by atoms with van der Waals surface area (Å²) < 4.78 is 9.75. The molecule has 18 heavy (non-hydrogen) atoms. The van der Waals surface area contributed by atoms with Crippen molar-refractivity contribution in [1.82, 2.24) is 0 Å². The molecule has 0 unspecified atom stereocenters. The molecule has 5 heteroatoms. The predicted molar refractivity (Wildman–Crippen MR) is 72.1 cm³/mol. The van der Waals surface area contributed by atoms with Crippen molar-refractivity contribution < 1.29 is 14.3 Å². The lowest BCUT2D eigenvalue weighted by molar-refractivity contribution is 0.168. The number of hydrogen-bond donors (Lipinski definition) is 2. The van der Waals surface area contributed by atoms with E-state index >= 15 is 0 Å². The Morgan fingerprint density at radius 1 is 1.22 bits per heavy atom. The minimum atomic E-state index is -0.432. The number of benzene rings is 1. The Balaban J connectivity index is 2.35. The number of nitrogens with one attached hydrogen (secondary N) is 2. The summed E-state index contributed by atoms with van der Waals surface area (Å²) in [5, 5.41) is 5.90. The molecule has 1 amide bonds. The van der Waals surface area contributed by atoms with Crippen LogP contribution in [0.15, 0.2) is 24.3 Å². The zero-order chi connectivity index (χ0) is 13.2. The number of ether oxygens (including phenoxy) is 2. The van der Waals surface area contributed by atoms with Crippen LogP contribution in [0.3, 0.4) is 0 Å². The van der Waals surface area contributed by atoms with E-state index in [1.165, 1.54) is 0 Å². The van der Waals surface area contributed by atoms with Gasteiger partial charge in [-0.1, -0.05) is 0 Å². The maximum absolute atomic E-state index is 11.2. The average molecular weight is 252 g/mol. The fourth-order valence-electron chi connectivity index (χ4n) is 1.41. The van der Waals surface area contributed by atoms with E-state index in [1.807, 2.05) is 24.3 Å². The molecule has 0 atom stereocenters. The molecule has 0 saturated heterocycles. The SMILES string of the molecule is CCOC(=O)Nc1ccc(NCCCOC)cc1. The van der Waals surface area contributed by atoms with Crippen LogP contribution >= 0.6 is 0 Å². The highest BCUT2D eigenvalue weighted by molar-refractivity contribution is 5.84. The first-order valence-corrected chi connectivity index (χ1v) is 6.03. The van der Waals surface area contributed by atoms with Crippen LogP contribution in [-0.4, -0.2) is 33.0 Å². The number of hydrogen-bond acceptors (Lipinski definition) is 4. The smallest absolute Gasteiger partial charge is 0.411 e. The van der Waals surface area contributed by atoms with Gasteiger partial charge in [0.1, 0.15) is 0 Å². The number of carbonyl (C=O) groups is 1. The van der Waals surface area contributed by atoms with Gasteiger partial charge in [0.2, 0.25) is 0 Å². The fraction of sp³-hybridized carbons (Fsp3) is 0.462. The number of carbonyl (C=O) groups excluding carboxylic acids is 1. The zero-order valence-electron chi connectivity index (χ0n) is 10.9. The van der Waals surface area contributed by atoms with E-state index in [9.17, 15) is 4.79 Å². The van der Waals surface area contributed by atoms with Gasteiger partial charge < -0.3 is 14.8 Å². The summed E-state index contributed by atoms with van der Waals surface area (Å²) in [5.41, 5.74) is 1.73. The van der Waals surface area contributed by atoms with E-state index in [2.05, 4.69) is 10.6 Å². The molecule has 100 valence electrons. The average Bonchev–Trinajstić information content (AvgIpc) is 2.37. The molecule has 0 fully saturated rings. The van der Waals surface area contributed by atoms with E-state index < -0.39 is 6.09 Å². The van der Waals surface area contributed by atoms with Crippen LogP contribution in [0.5, 0.6) is 0 Å². The highest BCUT2D eigenvalue weighted by atomic mass is 16.5. The Bertz CT molecular complexity index is 352. The Kier molecular flexibility index (Phi) is 6.64. The number of amides is 1. The minimum Gasteiger partial charge on any atom is -0.450 e. The van der Waals surface area contributed by atoms with Crippen LogP contribution in [-0.2, 0) is 9.47 Å². The minimum absolute atomic E-state index is 0.366. The molecule has 0 spiro atoms. The molecule has 0 saturated carbocycles. The molecule has 0 radical (unpaired) electrons. The Morgan fingerprint density at radius 2 is 1.89 bits per heavy atom. The third kappa shape index (κ3) is 5.54. The number of rotatable bonds is 7. The Hall–Kier alpha value is -1.75. The third-order valence-electron chi connectivity index (χ3n) is 2.26. The summed E-state index contributed by atoms with van der Waals surface area (Å²) in [6.07, 6.45) is 0.526. The molecule has 0 aliphatic carbocycles. The van der Waals surface area contributed by atoms with Crippen molar-refractivity contribution in [2.75, 3.05) is 37.5 Å². The molecule has 1 aromatic carbocycles. The molecule has 0 aliphatic heterocycles. The molecule has 0 heterocycles. The van der Waals surface area contributed by atoms with Crippen molar-refractivity contribution in [2.45, 2.75) is 13.3 Å². The van der Waals surface area contributed by atoms with E-state index in [-0.39, 0.29) is 0 Å².